The van der Waals surface area contributed by atoms with Crippen LogP contribution in [0.25, 0.3) is 31.6 Å². The van der Waals surface area contributed by atoms with E-state index < -0.39 is 0 Å². The molecule has 4 aromatic rings. The molecule has 0 aliphatic carbocycles. The summed E-state index contributed by atoms with van der Waals surface area (Å²) in [5.41, 5.74) is 4.03. The molecule has 0 atom stereocenters. The molecule has 0 saturated heterocycles. The molecule has 0 bridgehead atoms. The summed E-state index contributed by atoms with van der Waals surface area (Å²) < 4.78 is 6.28. The van der Waals surface area contributed by atoms with Crippen molar-refractivity contribution in [2.24, 2.45) is 0 Å². The van der Waals surface area contributed by atoms with Crippen LogP contribution in [0, 0.1) is 6.92 Å². The number of thioether (sulfide) groups is 1. The molecule has 0 radical (unpaired) electrons. The van der Waals surface area contributed by atoms with Crippen molar-refractivity contribution in [1.82, 2.24) is 15.0 Å². The molecule has 0 amide bonds. The second-order valence-electron chi connectivity index (χ2n) is 6.07. The normalized spacial score (nSPS) is 11.3. The maximum atomic E-state index is 12.5. The number of aromatic nitrogens is 3. The van der Waals surface area contributed by atoms with Gasteiger partial charge in [0.05, 0.1) is 23.0 Å². The summed E-state index contributed by atoms with van der Waals surface area (Å²) in [4.78, 5) is 27.0. The molecule has 27 heavy (non-hydrogen) atoms. The Morgan fingerprint density at radius 1 is 1.19 bits per heavy atom. The molecule has 0 spiro atoms. The van der Waals surface area contributed by atoms with Crippen molar-refractivity contribution in [2.75, 3.05) is 13.4 Å². The van der Waals surface area contributed by atoms with E-state index in [-0.39, 0.29) is 5.78 Å². The molecule has 0 aliphatic rings. The fourth-order valence-electron chi connectivity index (χ4n) is 3.32. The highest BCUT2D eigenvalue weighted by atomic mass is 32.2. The topological polar surface area (TPSA) is 65.0 Å². The number of benzene rings is 1. The Morgan fingerprint density at radius 2 is 1.93 bits per heavy atom. The van der Waals surface area contributed by atoms with Crippen LogP contribution in [0.2, 0.25) is 0 Å². The number of Topliss-reactive ketones (excluding diaryl/α,β-unsaturated/α-hetero) is 1. The van der Waals surface area contributed by atoms with Crippen molar-refractivity contribution in [3.05, 3.63) is 41.9 Å². The summed E-state index contributed by atoms with van der Waals surface area (Å²) in [7, 11) is 1.64. The van der Waals surface area contributed by atoms with Gasteiger partial charge in [-0.05, 0) is 37.8 Å². The second kappa shape index (κ2) is 6.90. The monoisotopic (exact) mass is 395 g/mol. The molecule has 136 valence electrons. The van der Waals surface area contributed by atoms with Crippen molar-refractivity contribution >= 4 is 49.3 Å². The first-order valence-corrected chi connectivity index (χ1v) is 10.4. The highest BCUT2D eigenvalue weighted by Gasteiger charge is 2.23. The lowest BCUT2D eigenvalue weighted by Crippen LogP contribution is -2.03. The van der Waals surface area contributed by atoms with Crippen LogP contribution in [0.15, 0.2) is 35.6 Å². The summed E-state index contributed by atoms with van der Waals surface area (Å²) in [6.45, 7) is 3.47. The molecule has 7 heteroatoms. The molecule has 0 aliphatic heterocycles. The second-order valence-corrected chi connectivity index (χ2v) is 7.87. The number of carbonyl (C=O) groups is 1. The predicted molar refractivity (Wildman–Crippen MR) is 111 cm³/mol. The number of pyridine rings is 1. The molecule has 0 saturated carbocycles. The lowest BCUT2D eigenvalue weighted by molar-refractivity contribution is 0.101. The van der Waals surface area contributed by atoms with Crippen molar-refractivity contribution in [1.29, 1.82) is 0 Å². The van der Waals surface area contributed by atoms with E-state index in [0.29, 0.717) is 5.56 Å². The maximum absolute atomic E-state index is 12.5. The van der Waals surface area contributed by atoms with E-state index in [2.05, 4.69) is 9.97 Å². The number of nitrogens with zero attached hydrogens (tertiary/aromatic N) is 3. The van der Waals surface area contributed by atoms with Gasteiger partial charge in [0.15, 0.2) is 5.78 Å². The van der Waals surface area contributed by atoms with Crippen LogP contribution in [0.3, 0.4) is 0 Å². The summed E-state index contributed by atoms with van der Waals surface area (Å²) >= 11 is 3.15. The van der Waals surface area contributed by atoms with Crippen molar-refractivity contribution in [2.45, 2.75) is 18.9 Å². The van der Waals surface area contributed by atoms with Gasteiger partial charge < -0.3 is 4.74 Å². The Morgan fingerprint density at radius 3 is 2.56 bits per heavy atom. The van der Waals surface area contributed by atoms with E-state index >= 15 is 0 Å². The molecule has 1 aromatic carbocycles. The van der Waals surface area contributed by atoms with Crippen LogP contribution < -0.4 is 4.74 Å². The van der Waals surface area contributed by atoms with E-state index in [1.54, 1.807) is 43.5 Å². The first-order chi connectivity index (χ1) is 13.0. The van der Waals surface area contributed by atoms with E-state index in [1.807, 2.05) is 37.4 Å². The Hall–Kier alpha value is -2.51. The zero-order valence-corrected chi connectivity index (χ0v) is 17.0. The lowest BCUT2D eigenvalue weighted by Gasteiger charge is -2.12. The van der Waals surface area contributed by atoms with E-state index in [9.17, 15) is 4.79 Å². The van der Waals surface area contributed by atoms with E-state index in [0.717, 1.165) is 48.0 Å². The molecule has 5 nitrogen and oxygen atoms in total. The summed E-state index contributed by atoms with van der Waals surface area (Å²) in [5.74, 6) is 0.763. The Labute approximate surface area is 164 Å². The third kappa shape index (κ3) is 2.87. The number of methoxy groups -OCH3 is 1. The quantitative estimate of drug-likeness (QED) is 0.271. The number of aryl methyl sites for hydroxylation is 1. The van der Waals surface area contributed by atoms with Crippen molar-refractivity contribution in [3.63, 3.8) is 0 Å². The van der Waals surface area contributed by atoms with Crippen LogP contribution in [-0.2, 0) is 0 Å². The summed E-state index contributed by atoms with van der Waals surface area (Å²) in [6, 6.07) is 7.74. The highest BCUT2D eigenvalue weighted by Crippen LogP contribution is 2.43. The number of ketones is 1. The van der Waals surface area contributed by atoms with E-state index in [1.165, 1.54) is 0 Å². The van der Waals surface area contributed by atoms with Crippen LogP contribution >= 0.6 is 23.1 Å². The summed E-state index contributed by atoms with van der Waals surface area (Å²) in [5, 5.41) is 1.83. The van der Waals surface area contributed by atoms with Gasteiger partial charge in [0.25, 0.3) is 0 Å². The number of ether oxygens (including phenoxy) is 1. The van der Waals surface area contributed by atoms with Crippen molar-refractivity contribution < 1.29 is 9.53 Å². The van der Waals surface area contributed by atoms with E-state index in [4.69, 9.17) is 9.72 Å². The average Bonchev–Trinajstić information content (AvgIpc) is 3.04. The number of thiophene rings is 1. The fraction of sp³-hybridized carbons (Fsp3) is 0.200. The number of fused-ring (bicyclic) bond motifs is 3. The van der Waals surface area contributed by atoms with Gasteiger partial charge >= 0.3 is 0 Å². The predicted octanol–water partition coefficient (Wildman–Crippen LogP) is 5.15. The van der Waals surface area contributed by atoms with Gasteiger partial charge in [0.1, 0.15) is 21.9 Å². The Balaban J connectivity index is 2.18. The number of rotatable bonds is 4. The first-order valence-electron chi connectivity index (χ1n) is 8.32. The number of hydrogen-bond acceptors (Lipinski definition) is 7. The third-order valence-corrected chi connectivity index (χ3v) is 6.38. The molecular formula is C20H17N3O2S2. The van der Waals surface area contributed by atoms with Gasteiger partial charge in [-0.2, -0.15) is 0 Å². The Kier molecular flexibility index (Phi) is 4.57. The molecular weight excluding hydrogens is 378 g/mol. The number of carbonyl (C=O) groups excluding carboxylic acids is 1. The zero-order chi connectivity index (χ0) is 19.1. The molecule has 3 heterocycles. The van der Waals surface area contributed by atoms with Crippen molar-refractivity contribution in [3.8, 4) is 16.9 Å². The minimum absolute atomic E-state index is 0.00814. The van der Waals surface area contributed by atoms with Crippen LogP contribution in [0.5, 0.6) is 5.75 Å². The maximum Gasteiger partial charge on any atom is 0.162 e. The smallest absolute Gasteiger partial charge is 0.162 e. The number of hydrogen-bond donors (Lipinski definition) is 0. The molecule has 0 fully saturated rings. The minimum Gasteiger partial charge on any atom is -0.497 e. The van der Waals surface area contributed by atoms with Crippen LogP contribution in [0.4, 0.5) is 0 Å². The first kappa shape index (κ1) is 17.9. The average molecular weight is 396 g/mol. The van der Waals surface area contributed by atoms with Gasteiger partial charge in [0.2, 0.25) is 0 Å². The highest BCUT2D eigenvalue weighted by molar-refractivity contribution is 7.98. The lowest BCUT2D eigenvalue weighted by atomic mass is 9.94. The third-order valence-electron chi connectivity index (χ3n) is 4.48. The molecule has 0 unspecified atom stereocenters. The van der Waals surface area contributed by atoms with Gasteiger partial charge in [-0.25, -0.2) is 15.0 Å². The van der Waals surface area contributed by atoms with Gasteiger partial charge in [-0.1, -0.05) is 12.1 Å². The van der Waals surface area contributed by atoms with Gasteiger partial charge in [-0.3, -0.25) is 4.79 Å². The molecule has 4 rings (SSSR count). The Bertz CT molecular complexity index is 1180. The van der Waals surface area contributed by atoms with Gasteiger partial charge in [0, 0.05) is 16.5 Å². The van der Waals surface area contributed by atoms with Crippen LogP contribution in [0.1, 0.15) is 23.0 Å². The standard InChI is InChI=1S/C20H17N3O2S2/c1-10-14(11(2)24)15(12-5-7-13(25-3)8-6-12)16-17-18(27-19(16)23-10)20(26-4)22-9-21-17/h5-9H,1-4H3. The zero-order valence-electron chi connectivity index (χ0n) is 15.4. The summed E-state index contributed by atoms with van der Waals surface area (Å²) in [6.07, 6.45) is 3.57. The van der Waals surface area contributed by atoms with Crippen LogP contribution in [-0.4, -0.2) is 34.1 Å². The SMILES string of the molecule is COc1ccc(-c2c(C(C)=O)c(C)nc3sc4c(SC)ncnc4c23)cc1. The van der Waals surface area contributed by atoms with Gasteiger partial charge in [-0.15, -0.1) is 23.1 Å². The minimum atomic E-state index is -0.00814. The molecule has 0 N–H and O–H groups in total. The fourth-order valence-corrected chi connectivity index (χ4v) is 5.20. The molecule has 3 aromatic heterocycles. The largest absolute Gasteiger partial charge is 0.497 e.